The van der Waals surface area contributed by atoms with Crippen molar-refractivity contribution < 1.29 is 9.59 Å². The summed E-state index contributed by atoms with van der Waals surface area (Å²) in [5.74, 6) is -0.377. The van der Waals surface area contributed by atoms with Crippen molar-refractivity contribution in [2.45, 2.75) is 20.8 Å². The number of carbonyl (C=O) groups is 2. The molecule has 0 aliphatic carbocycles. The lowest BCUT2D eigenvalue weighted by molar-refractivity contribution is -0.114. The van der Waals surface area contributed by atoms with E-state index in [9.17, 15) is 9.59 Å². The van der Waals surface area contributed by atoms with E-state index in [4.69, 9.17) is 0 Å². The van der Waals surface area contributed by atoms with Gasteiger partial charge in [-0.25, -0.2) is 9.97 Å². The Hall–Kier alpha value is -3.59. The van der Waals surface area contributed by atoms with Crippen molar-refractivity contribution in [3.05, 3.63) is 52.7 Å². The Labute approximate surface area is 177 Å². The van der Waals surface area contributed by atoms with Crippen LogP contribution in [-0.2, 0) is 11.8 Å². The summed E-state index contributed by atoms with van der Waals surface area (Å²) in [5.41, 5.74) is 5.07. The number of nitrogens with zero attached hydrogens (tertiary/aromatic N) is 4. The number of fused-ring (bicyclic) bond motifs is 1. The van der Waals surface area contributed by atoms with Crippen molar-refractivity contribution in [3.8, 4) is 11.3 Å². The quantitative estimate of drug-likeness (QED) is 0.521. The third-order valence-corrected chi connectivity index (χ3v) is 5.42. The van der Waals surface area contributed by atoms with Gasteiger partial charge in [-0.15, -0.1) is 11.3 Å². The maximum Gasteiger partial charge on any atom is 0.259 e. The van der Waals surface area contributed by atoms with E-state index in [1.807, 2.05) is 49.7 Å². The first-order valence-corrected chi connectivity index (χ1v) is 10.2. The Morgan fingerprint density at radius 3 is 2.47 bits per heavy atom. The van der Waals surface area contributed by atoms with E-state index in [-0.39, 0.29) is 11.8 Å². The number of carbonyl (C=O) groups excluding carboxylic acids is 2. The summed E-state index contributed by atoms with van der Waals surface area (Å²) in [5, 5.41) is 13.2. The summed E-state index contributed by atoms with van der Waals surface area (Å²) in [6, 6.07) is 9.20. The van der Waals surface area contributed by atoms with Gasteiger partial charge in [0.2, 0.25) is 5.91 Å². The lowest BCUT2D eigenvalue weighted by Gasteiger charge is -2.06. The van der Waals surface area contributed by atoms with Crippen LogP contribution >= 0.6 is 11.3 Å². The highest BCUT2D eigenvalue weighted by molar-refractivity contribution is 7.14. The second-order valence-electron chi connectivity index (χ2n) is 6.95. The van der Waals surface area contributed by atoms with Gasteiger partial charge in [-0.05, 0) is 32.0 Å². The van der Waals surface area contributed by atoms with E-state index < -0.39 is 0 Å². The van der Waals surface area contributed by atoms with Crippen molar-refractivity contribution in [2.24, 2.45) is 7.05 Å². The molecule has 4 aromatic rings. The Bertz CT molecular complexity index is 1270. The van der Waals surface area contributed by atoms with E-state index in [1.54, 1.807) is 11.6 Å². The zero-order valence-corrected chi connectivity index (χ0v) is 17.8. The SMILES string of the molecule is CC(=O)Nc1ccc(-c2csc(NC(=O)c3cc4c(C)nn(C)c4nc3C)n2)cc1. The molecule has 0 radical (unpaired) electrons. The third-order valence-electron chi connectivity index (χ3n) is 4.66. The molecule has 0 aliphatic heterocycles. The van der Waals surface area contributed by atoms with E-state index in [2.05, 4.69) is 25.7 Å². The second-order valence-corrected chi connectivity index (χ2v) is 7.81. The van der Waals surface area contributed by atoms with E-state index in [1.165, 1.54) is 18.3 Å². The molecule has 1 aromatic carbocycles. The van der Waals surface area contributed by atoms with Crippen molar-refractivity contribution in [2.75, 3.05) is 10.6 Å². The van der Waals surface area contributed by atoms with Gasteiger partial charge in [0.1, 0.15) is 0 Å². The van der Waals surface area contributed by atoms with Crippen LogP contribution in [0.4, 0.5) is 10.8 Å². The number of aryl methyl sites for hydroxylation is 3. The number of benzene rings is 1. The molecule has 2 N–H and O–H groups in total. The summed E-state index contributed by atoms with van der Waals surface area (Å²) in [7, 11) is 1.83. The Balaban J connectivity index is 1.54. The van der Waals surface area contributed by atoms with Gasteiger partial charge in [-0.1, -0.05) is 12.1 Å². The number of amides is 2. The fraction of sp³-hybridized carbons (Fsp3) is 0.190. The molecule has 3 aromatic heterocycles. The molecule has 2 amide bonds. The van der Waals surface area contributed by atoms with Gasteiger partial charge in [0.15, 0.2) is 10.8 Å². The van der Waals surface area contributed by atoms with E-state index in [0.717, 1.165) is 33.7 Å². The first kappa shape index (κ1) is 19.7. The van der Waals surface area contributed by atoms with Crippen LogP contribution in [0.2, 0.25) is 0 Å². The first-order valence-electron chi connectivity index (χ1n) is 9.27. The highest BCUT2D eigenvalue weighted by atomic mass is 32.1. The molecule has 0 bridgehead atoms. The molecule has 0 atom stereocenters. The van der Waals surface area contributed by atoms with Crippen molar-refractivity contribution in [1.82, 2.24) is 19.7 Å². The molecule has 0 fully saturated rings. The molecule has 3 heterocycles. The smallest absolute Gasteiger partial charge is 0.259 e. The highest BCUT2D eigenvalue weighted by Gasteiger charge is 2.17. The van der Waals surface area contributed by atoms with E-state index in [0.29, 0.717) is 16.4 Å². The van der Waals surface area contributed by atoms with Gasteiger partial charge < -0.3 is 5.32 Å². The Morgan fingerprint density at radius 1 is 1.03 bits per heavy atom. The monoisotopic (exact) mass is 420 g/mol. The van der Waals surface area contributed by atoms with Crippen LogP contribution < -0.4 is 10.6 Å². The summed E-state index contributed by atoms with van der Waals surface area (Å²) in [6.07, 6.45) is 0. The zero-order valence-electron chi connectivity index (χ0n) is 17.0. The number of hydrogen-bond donors (Lipinski definition) is 2. The lowest BCUT2D eigenvalue weighted by Crippen LogP contribution is -2.14. The summed E-state index contributed by atoms with van der Waals surface area (Å²) >= 11 is 1.35. The van der Waals surface area contributed by atoms with Crippen LogP contribution in [0.15, 0.2) is 35.7 Å². The number of pyridine rings is 1. The van der Waals surface area contributed by atoms with Gasteiger partial charge in [0, 0.05) is 36.0 Å². The number of nitrogens with one attached hydrogen (secondary N) is 2. The fourth-order valence-corrected chi connectivity index (χ4v) is 3.93. The van der Waals surface area contributed by atoms with Crippen molar-refractivity contribution in [3.63, 3.8) is 0 Å². The number of thiazole rings is 1. The maximum absolute atomic E-state index is 12.8. The number of anilines is 2. The molecule has 0 unspecified atom stereocenters. The van der Waals surface area contributed by atoms with Gasteiger partial charge in [-0.3, -0.25) is 19.6 Å². The first-order chi connectivity index (χ1) is 14.3. The third kappa shape index (κ3) is 3.79. The van der Waals surface area contributed by atoms with Crippen LogP contribution in [0, 0.1) is 13.8 Å². The van der Waals surface area contributed by atoms with Crippen molar-refractivity contribution in [1.29, 1.82) is 0 Å². The zero-order chi connectivity index (χ0) is 21.4. The van der Waals surface area contributed by atoms with Gasteiger partial charge in [-0.2, -0.15) is 5.10 Å². The molecule has 0 saturated carbocycles. The standard InChI is InChI=1S/C21H20N6O2S/c1-11-17(9-16-12(2)26-27(4)19(16)22-11)20(29)25-21-24-18(10-30-21)14-5-7-15(8-6-14)23-13(3)28/h5-10H,1-4H3,(H,23,28)(H,24,25,29). The largest absolute Gasteiger partial charge is 0.326 e. The molecule has 4 rings (SSSR count). The molecule has 9 heteroatoms. The minimum absolute atomic E-state index is 0.120. The predicted octanol–water partition coefficient (Wildman–Crippen LogP) is 3.92. The Kier molecular flexibility index (Phi) is 5.04. The molecule has 0 spiro atoms. The average Bonchev–Trinajstić information content (AvgIpc) is 3.26. The lowest BCUT2D eigenvalue weighted by atomic mass is 10.1. The van der Waals surface area contributed by atoms with Gasteiger partial charge in [0.05, 0.1) is 22.6 Å². The minimum atomic E-state index is -0.257. The molecule has 0 aliphatic rings. The van der Waals surface area contributed by atoms with Crippen molar-refractivity contribution >= 4 is 45.0 Å². The second kappa shape index (κ2) is 7.68. The van der Waals surface area contributed by atoms with Gasteiger partial charge in [0.25, 0.3) is 5.91 Å². The van der Waals surface area contributed by atoms with Crippen LogP contribution in [0.25, 0.3) is 22.3 Å². The number of aromatic nitrogens is 4. The fourth-order valence-electron chi connectivity index (χ4n) is 3.22. The van der Waals surface area contributed by atoms with Crippen LogP contribution in [0.3, 0.4) is 0 Å². The molecule has 0 saturated heterocycles. The summed E-state index contributed by atoms with van der Waals surface area (Å²) < 4.78 is 1.71. The minimum Gasteiger partial charge on any atom is -0.326 e. The molecule has 8 nitrogen and oxygen atoms in total. The molecule has 30 heavy (non-hydrogen) atoms. The highest BCUT2D eigenvalue weighted by Crippen LogP contribution is 2.27. The van der Waals surface area contributed by atoms with Crippen LogP contribution in [0.1, 0.15) is 28.7 Å². The average molecular weight is 420 g/mol. The Morgan fingerprint density at radius 2 is 1.77 bits per heavy atom. The number of rotatable bonds is 4. The predicted molar refractivity (Wildman–Crippen MR) is 118 cm³/mol. The molecular weight excluding hydrogens is 400 g/mol. The van der Waals surface area contributed by atoms with Crippen LogP contribution in [0.5, 0.6) is 0 Å². The summed E-state index contributed by atoms with van der Waals surface area (Å²) in [6.45, 7) is 5.17. The molecule has 152 valence electrons. The summed E-state index contributed by atoms with van der Waals surface area (Å²) in [4.78, 5) is 33.0. The van der Waals surface area contributed by atoms with E-state index >= 15 is 0 Å². The topological polar surface area (TPSA) is 102 Å². The van der Waals surface area contributed by atoms with Crippen LogP contribution in [-0.4, -0.2) is 31.6 Å². The molecular formula is C21H20N6O2S. The maximum atomic E-state index is 12.8. The number of hydrogen-bond acceptors (Lipinski definition) is 6. The normalized spacial score (nSPS) is 10.9. The van der Waals surface area contributed by atoms with Gasteiger partial charge >= 0.3 is 0 Å².